The molecule has 5 heteroatoms. The van der Waals surface area contributed by atoms with E-state index in [9.17, 15) is 9.18 Å². The van der Waals surface area contributed by atoms with Gasteiger partial charge in [0, 0.05) is 18.3 Å². The molecule has 86 valence electrons. The maximum atomic E-state index is 12.9. The summed E-state index contributed by atoms with van der Waals surface area (Å²) in [6.45, 7) is 0. The van der Waals surface area contributed by atoms with Crippen molar-refractivity contribution in [3.8, 4) is 11.5 Å². The van der Waals surface area contributed by atoms with Gasteiger partial charge in [0.25, 0.3) is 0 Å². The summed E-state index contributed by atoms with van der Waals surface area (Å²) >= 11 is 0. The van der Waals surface area contributed by atoms with E-state index in [1.165, 1.54) is 36.5 Å². The normalized spacial score (nSPS) is 9.94. The van der Waals surface area contributed by atoms with Gasteiger partial charge in [0.2, 0.25) is 0 Å². The lowest BCUT2D eigenvalue weighted by Gasteiger charge is -2.05. The zero-order chi connectivity index (χ0) is 12.3. The van der Waals surface area contributed by atoms with Crippen molar-refractivity contribution in [2.45, 2.75) is 0 Å². The second-order valence-corrected chi connectivity index (χ2v) is 3.24. The average Bonchev–Trinajstić information content (AvgIpc) is 2.29. The van der Waals surface area contributed by atoms with Crippen molar-refractivity contribution in [2.75, 3.05) is 0 Å². The molecule has 4 nitrogen and oxygen atoms in total. The molecule has 1 aromatic carbocycles. The number of hydrogen-bond donors (Lipinski definition) is 1. The molecular formula is C12H8FNO3. The van der Waals surface area contributed by atoms with E-state index in [-0.39, 0.29) is 5.69 Å². The van der Waals surface area contributed by atoms with Crippen molar-refractivity contribution in [3.63, 3.8) is 0 Å². The number of ether oxygens (including phenoxy) is 1. The fraction of sp³-hybridized carbons (Fsp3) is 0. The highest BCUT2D eigenvalue weighted by molar-refractivity contribution is 5.85. The second kappa shape index (κ2) is 4.61. The number of carboxylic acid groups (broad SMARTS) is 1. The Balaban J connectivity index is 2.24. The van der Waals surface area contributed by atoms with Gasteiger partial charge in [-0.2, -0.15) is 0 Å². The van der Waals surface area contributed by atoms with Gasteiger partial charge >= 0.3 is 5.97 Å². The molecule has 0 atom stereocenters. The molecule has 17 heavy (non-hydrogen) atoms. The predicted molar refractivity (Wildman–Crippen MR) is 57.7 cm³/mol. The van der Waals surface area contributed by atoms with Crippen LogP contribution in [0, 0.1) is 5.82 Å². The number of benzene rings is 1. The Bertz CT molecular complexity index is 557. The van der Waals surface area contributed by atoms with Gasteiger partial charge in [-0.1, -0.05) is 6.07 Å². The summed E-state index contributed by atoms with van der Waals surface area (Å²) in [5.74, 6) is -0.972. The Kier molecular flexibility index (Phi) is 3.00. The molecular weight excluding hydrogens is 225 g/mol. The van der Waals surface area contributed by atoms with Crippen LogP contribution in [-0.2, 0) is 0 Å². The van der Waals surface area contributed by atoms with Crippen molar-refractivity contribution in [1.82, 2.24) is 4.98 Å². The topological polar surface area (TPSA) is 59.4 Å². The van der Waals surface area contributed by atoms with E-state index in [0.29, 0.717) is 11.5 Å². The molecule has 2 aromatic rings. The first-order chi connectivity index (χ1) is 8.15. The molecule has 0 aliphatic carbocycles. The van der Waals surface area contributed by atoms with Crippen LogP contribution in [0.2, 0.25) is 0 Å². The average molecular weight is 233 g/mol. The molecule has 0 aliphatic rings. The molecule has 0 saturated heterocycles. The van der Waals surface area contributed by atoms with E-state index in [1.54, 1.807) is 6.07 Å². The van der Waals surface area contributed by atoms with Crippen LogP contribution < -0.4 is 4.74 Å². The number of hydrogen-bond acceptors (Lipinski definition) is 3. The number of nitrogens with zero attached hydrogens (tertiary/aromatic N) is 1. The molecule has 1 N–H and O–H groups in total. The van der Waals surface area contributed by atoms with Crippen LogP contribution in [0.1, 0.15) is 10.5 Å². The lowest BCUT2D eigenvalue weighted by atomic mass is 10.3. The number of rotatable bonds is 3. The Morgan fingerprint density at radius 1 is 1.24 bits per heavy atom. The van der Waals surface area contributed by atoms with Gasteiger partial charge in [0.05, 0.1) is 0 Å². The standard InChI is InChI=1S/C12H8FNO3/c13-8-2-1-3-9(6-8)17-10-4-5-14-11(7-10)12(15)16/h1-7H,(H,15,16). The van der Waals surface area contributed by atoms with Crippen LogP contribution in [0.5, 0.6) is 11.5 Å². The van der Waals surface area contributed by atoms with Gasteiger partial charge in [-0.3, -0.25) is 0 Å². The third kappa shape index (κ3) is 2.78. The van der Waals surface area contributed by atoms with Crippen LogP contribution in [0.4, 0.5) is 4.39 Å². The predicted octanol–water partition coefficient (Wildman–Crippen LogP) is 2.71. The Labute approximate surface area is 96.3 Å². The maximum absolute atomic E-state index is 12.9. The van der Waals surface area contributed by atoms with E-state index in [0.717, 1.165) is 0 Å². The van der Waals surface area contributed by atoms with Gasteiger partial charge < -0.3 is 9.84 Å². The highest BCUT2D eigenvalue weighted by Gasteiger charge is 2.06. The lowest BCUT2D eigenvalue weighted by molar-refractivity contribution is 0.0690. The summed E-state index contributed by atoms with van der Waals surface area (Å²) < 4.78 is 18.2. The van der Waals surface area contributed by atoms with Crippen molar-refractivity contribution in [3.05, 3.63) is 54.1 Å². The van der Waals surface area contributed by atoms with Crippen molar-refractivity contribution >= 4 is 5.97 Å². The minimum Gasteiger partial charge on any atom is -0.477 e. The zero-order valence-corrected chi connectivity index (χ0v) is 8.63. The Hall–Kier alpha value is -2.43. The highest BCUT2D eigenvalue weighted by atomic mass is 19.1. The molecule has 0 unspecified atom stereocenters. The molecule has 1 heterocycles. The maximum Gasteiger partial charge on any atom is 0.354 e. The Morgan fingerprint density at radius 3 is 2.71 bits per heavy atom. The molecule has 0 spiro atoms. The number of aromatic carboxylic acids is 1. The van der Waals surface area contributed by atoms with E-state index in [1.807, 2.05) is 0 Å². The van der Waals surface area contributed by atoms with E-state index < -0.39 is 11.8 Å². The van der Waals surface area contributed by atoms with Crippen molar-refractivity contribution in [1.29, 1.82) is 0 Å². The van der Waals surface area contributed by atoms with Gasteiger partial charge in [-0.05, 0) is 18.2 Å². The summed E-state index contributed by atoms with van der Waals surface area (Å²) in [6.07, 6.45) is 1.32. The first-order valence-electron chi connectivity index (χ1n) is 4.78. The summed E-state index contributed by atoms with van der Waals surface area (Å²) in [5.41, 5.74) is -0.126. The number of pyridine rings is 1. The fourth-order valence-electron chi connectivity index (χ4n) is 1.26. The number of halogens is 1. The minimum atomic E-state index is -1.14. The van der Waals surface area contributed by atoms with E-state index >= 15 is 0 Å². The number of carboxylic acids is 1. The molecule has 0 fully saturated rings. The van der Waals surface area contributed by atoms with Gasteiger partial charge in [0.1, 0.15) is 17.3 Å². The van der Waals surface area contributed by atoms with Crippen LogP contribution in [0.15, 0.2) is 42.6 Å². The third-order valence-electron chi connectivity index (χ3n) is 1.98. The first-order valence-corrected chi connectivity index (χ1v) is 4.78. The largest absolute Gasteiger partial charge is 0.477 e. The van der Waals surface area contributed by atoms with Crippen LogP contribution in [-0.4, -0.2) is 16.1 Å². The van der Waals surface area contributed by atoms with Gasteiger partial charge in [-0.15, -0.1) is 0 Å². The summed E-state index contributed by atoms with van der Waals surface area (Å²) in [4.78, 5) is 14.3. The van der Waals surface area contributed by atoms with Crippen LogP contribution >= 0.6 is 0 Å². The molecule has 0 radical (unpaired) electrons. The quantitative estimate of drug-likeness (QED) is 0.885. The van der Waals surface area contributed by atoms with Crippen molar-refractivity contribution < 1.29 is 19.0 Å². The Morgan fingerprint density at radius 2 is 2.00 bits per heavy atom. The summed E-state index contributed by atoms with van der Waals surface area (Å²) in [6, 6.07) is 8.35. The monoisotopic (exact) mass is 233 g/mol. The van der Waals surface area contributed by atoms with E-state index in [4.69, 9.17) is 9.84 Å². The van der Waals surface area contributed by atoms with E-state index in [2.05, 4.69) is 4.98 Å². The first kappa shape index (κ1) is 11.1. The highest BCUT2D eigenvalue weighted by Crippen LogP contribution is 2.21. The lowest BCUT2D eigenvalue weighted by Crippen LogP contribution is -1.99. The van der Waals surface area contributed by atoms with Crippen LogP contribution in [0.3, 0.4) is 0 Å². The molecule has 1 aromatic heterocycles. The number of carbonyl (C=O) groups is 1. The minimum absolute atomic E-state index is 0.126. The third-order valence-corrected chi connectivity index (χ3v) is 1.98. The molecule has 0 aliphatic heterocycles. The molecule has 0 saturated carbocycles. The van der Waals surface area contributed by atoms with Gasteiger partial charge in [-0.25, -0.2) is 14.2 Å². The van der Waals surface area contributed by atoms with Crippen LogP contribution in [0.25, 0.3) is 0 Å². The summed E-state index contributed by atoms with van der Waals surface area (Å²) in [7, 11) is 0. The molecule has 2 rings (SSSR count). The van der Waals surface area contributed by atoms with Crippen molar-refractivity contribution in [2.24, 2.45) is 0 Å². The smallest absolute Gasteiger partial charge is 0.354 e. The molecule has 0 amide bonds. The summed E-state index contributed by atoms with van der Waals surface area (Å²) in [5, 5.41) is 8.74. The SMILES string of the molecule is O=C(O)c1cc(Oc2cccc(F)c2)ccn1. The zero-order valence-electron chi connectivity index (χ0n) is 8.63. The number of aromatic nitrogens is 1. The molecule has 0 bridgehead atoms. The van der Waals surface area contributed by atoms with Gasteiger partial charge in [0.15, 0.2) is 5.69 Å². The second-order valence-electron chi connectivity index (χ2n) is 3.24. The fourth-order valence-corrected chi connectivity index (χ4v) is 1.26.